The monoisotopic (exact) mass is 367 g/mol. The summed E-state index contributed by atoms with van der Waals surface area (Å²) in [5.41, 5.74) is 5.39. The third-order valence-corrected chi connectivity index (χ3v) is 5.92. The van der Waals surface area contributed by atoms with Crippen LogP contribution < -0.4 is 4.90 Å². The second-order valence-electron chi connectivity index (χ2n) is 6.94. The van der Waals surface area contributed by atoms with Crippen LogP contribution >= 0.6 is 11.3 Å². The SMILES string of the molecule is Oc1cc(N2CCN(CCCCc3ccccc3)CC2)c2ncsc2c1. The van der Waals surface area contributed by atoms with Crippen LogP contribution in [0.25, 0.3) is 10.2 Å². The van der Waals surface area contributed by atoms with Crippen LogP contribution in [0.1, 0.15) is 18.4 Å². The predicted octanol–water partition coefficient (Wildman–Crippen LogP) is 4.15. The van der Waals surface area contributed by atoms with Crippen molar-refractivity contribution in [2.45, 2.75) is 19.3 Å². The minimum Gasteiger partial charge on any atom is -0.508 e. The lowest BCUT2D eigenvalue weighted by Gasteiger charge is -2.36. The zero-order valence-electron chi connectivity index (χ0n) is 15.0. The molecule has 1 aliphatic rings. The second-order valence-corrected chi connectivity index (χ2v) is 7.82. The fourth-order valence-corrected chi connectivity index (χ4v) is 4.43. The van der Waals surface area contributed by atoms with Gasteiger partial charge in [-0.15, -0.1) is 11.3 Å². The lowest BCUT2D eigenvalue weighted by atomic mass is 10.1. The van der Waals surface area contributed by atoms with E-state index in [0.717, 1.165) is 42.1 Å². The number of aromatic hydroxyl groups is 1. The van der Waals surface area contributed by atoms with Gasteiger partial charge in [0.25, 0.3) is 0 Å². The molecule has 0 atom stereocenters. The Kier molecular flexibility index (Phi) is 5.37. The van der Waals surface area contributed by atoms with Crippen LogP contribution in [0.5, 0.6) is 5.75 Å². The van der Waals surface area contributed by atoms with E-state index < -0.39 is 0 Å². The Bertz CT molecular complexity index is 841. The molecular formula is C21H25N3OS. The van der Waals surface area contributed by atoms with Crippen LogP contribution in [0.2, 0.25) is 0 Å². The molecular weight excluding hydrogens is 342 g/mol. The molecule has 0 saturated carbocycles. The molecule has 1 aliphatic heterocycles. The molecule has 1 N–H and O–H groups in total. The first kappa shape index (κ1) is 17.3. The molecule has 2 heterocycles. The zero-order chi connectivity index (χ0) is 17.8. The fraction of sp³-hybridized carbons (Fsp3) is 0.381. The number of aryl methyl sites for hydroxylation is 1. The Morgan fingerprint density at radius 3 is 2.62 bits per heavy atom. The number of nitrogens with zero attached hydrogens (tertiary/aromatic N) is 3. The molecule has 4 nitrogen and oxygen atoms in total. The van der Waals surface area contributed by atoms with Gasteiger partial charge >= 0.3 is 0 Å². The number of anilines is 1. The highest BCUT2D eigenvalue weighted by molar-refractivity contribution is 7.16. The highest BCUT2D eigenvalue weighted by atomic mass is 32.1. The van der Waals surface area contributed by atoms with Gasteiger partial charge in [-0.25, -0.2) is 4.98 Å². The molecule has 0 spiro atoms. The number of piperazine rings is 1. The molecule has 0 bridgehead atoms. The molecule has 1 aromatic heterocycles. The minimum atomic E-state index is 0.333. The molecule has 3 aromatic rings. The molecule has 1 fully saturated rings. The van der Waals surface area contributed by atoms with Crippen molar-refractivity contribution in [3.05, 3.63) is 53.5 Å². The summed E-state index contributed by atoms with van der Waals surface area (Å²) in [6.07, 6.45) is 3.67. The van der Waals surface area contributed by atoms with Crippen LogP contribution in [-0.2, 0) is 6.42 Å². The smallest absolute Gasteiger partial charge is 0.119 e. The van der Waals surface area contributed by atoms with E-state index in [1.807, 2.05) is 11.6 Å². The summed E-state index contributed by atoms with van der Waals surface area (Å²) in [7, 11) is 0. The highest BCUT2D eigenvalue weighted by Crippen LogP contribution is 2.33. The van der Waals surface area contributed by atoms with Gasteiger partial charge in [0, 0.05) is 32.2 Å². The van der Waals surface area contributed by atoms with Crippen molar-refractivity contribution in [1.29, 1.82) is 0 Å². The van der Waals surface area contributed by atoms with Crippen LogP contribution in [0, 0.1) is 0 Å². The van der Waals surface area contributed by atoms with Gasteiger partial charge in [-0.2, -0.15) is 0 Å². The summed E-state index contributed by atoms with van der Waals surface area (Å²) in [5, 5.41) is 9.99. The topological polar surface area (TPSA) is 39.6 Å². The molecule has 0 radical (unpaired) electrons. The summed E-state index contributed by atoms with van der Waals surface area (Å²) in [4.78, 5) is 9.42. The number of hydrogen-bond donors (Lipinski definition) is 1. The van der Waals surface area contributed by atoms with E-state index in [0.29, 0.717) is 5.75 Å². The highest BCUT2D eigenvalue weighted by Gasteiger charge is 2.20. The first-order chi connectivity index (χ1) is 12.8. The number of unbranched alkanes of at least 4 members (excludes halogenated alkanes) is 1. The summed E-state index contributed by atoms with van der Waals surface area (Å²) in [5.74, 6) is 0.333. The number of hydrogen-bond acceptors (Lipinski definition) is 5. The van der Waals surface area contributed by atoms with Crippen molar-refractivity contribution in [2.75, 3.05) is 37.6 Å². The molecule has 136 valence electrons. The number of phenolic OH excluding ortho intramolecular Hbond substituents is 1. The van der Waals surface area contributed by atoms with Crippen molar-refractivity contribution in [3.63, 3.8) is 0 Å². The van der Waals surface area contributed by atoms with Crippen LogP contribution in [0.3, 0.4) is 0 Å². The van der Waals surface area contributed by atoms with Crippen molar-refractivity contribution in [1.82, 2.24) is 9.88 Å². The average Bonchev–Trinajstić information content (AvgIpc) is 3.14. The number of fused-ring (bicyclic) bond motifs is 1. The molecule has 26 heavy (non-hydrogen) atoms. The normalized spacial score (nSPS) is 15.6. The van der Waals surface area contributed by atoms with Crippen LogP contribution in [-0.4, -0.2) is 47.7 Å². The van der Waals surface area contributed by atoms with Gasteiger partial charge in [-0.3, -0.25) is 4.90 Å². The van der Waals surface area contributed by atoms with E-state index in [9.17, 15) is 5.11 Å². The Morgan fingerprint density at radius 2 is 1.81 bits per heavy atom. The Balaban J connectivity index is 1.27. The number of aromatic nitrogens is 1. The van der Waals surface area contributed by atoms with Crippen molar-refractivity contribution in [3.8, 4) is 5.75 Å². The third-order valence-electron chi connectivity index (χ3n) is 5.15. The molecule has 1 saturated heterocycles. The number of benzene rings is 2. The molecule has 4 rings (SSSR count). The van der Waals surface area contributed by atoms with Gasteiger partial charge in [-0.05, 0) is 37.4 Å². The first-order valence-electron chi connectivity index (χ1n) is 9.37. The van der Waals surface area contributed by atoms with Crippen molar-refractivity contribution < 1.29 is 5.11 Å². The maximum atomic E-state index is 9.99. The lowest BCUT2D eigenvalue weighted by Crippen LogP contribution is -2.46. The Hall–Kier alpha value is -2.11. The molecule has 0 aliphatic carbocycles. The second kappa shape index (κ2) is 8.06. The molecule has 2 aromatic carbocycles. The molecule has 5 heteroatoms. The van der Waals surface area contributed by atoms with E-state index >= 15 is 0 Å². The third kappa shape index (κ3) is 4.00. The Labute approximate surface area is 158 Å². The zero-order valence-corrected chi connectivity index (χ0v) is 15.8. The van der Waals surface area contributed by atoms with Crippen LogP contribution in [0.4, 0.5) is 5.69 Å². The number of phenols is 1. The summed E-state index contributed by atoms with van der Waals surface area (Å²) in [6.45, 7) is 5.32. The van der Waals surface area contributed by atoms with E-state index in [1.165, 1.54) is 31.4 Å². The quantitative estimate of drug-likeness (QED) is 0.665. The van der Waals surface area contributed by atoms with Gasteiger partial charge in [-0.1, -0.05) is 30.3 Å². The van der Waals surface area contributed by atoms with Gasteiger partial charge in [0.1, 0.15) is 11.3 Å². The summed E-state index contributed by atoms with van der Waals surface area (Å²) in [6, 6.07) is 14.4. The molecule has 0 unspecified atom stereocenters. The minimum absolute atomic E-state index is 0.333. The summed E-state index contributed by atoms with van der Waals surface area (Å²) < 4.78 is 1.06. The molecule has 0 amide bonds. The van der Waals surface area contributed by atoms with Gasteiger partial charge < -0.3 is 10.0 Å². The van der Waals surface area contributed by atoms with Gasteiger partial charge in [0.05, 0.1) is 15.9 Å². The van der Waals surface area contributed by atoms with Crippen molar-refractivity contribution >= 4 is 27.2 Å². The van der Waals surface area contributed by atoms with Gasteiger partial charge in [0.2, 0.25) is 0 Å². The van der Waals surface area contributed by atoms with E-state index in [4.69, 9.17) is 0 Å². The maximum Gasteiger partial charge on any atom is 0.119 e. The van der Waals surface area contributed by atoms with E-state index in [2.05, 4.69) is 45.1 Å². The maximum absolute atomic E-state index is 9.99. The average molecular weight is 368 g/mol. The summed E-state index contributed by atoms with van der Waals surface area (Å²) >= 11 is 1.58. The van der Waals surface area contributed by atoms with E-state index in [-0.39, 0.29) is 0 Å². The number of rotatable bonds is 6. The van der Waals surface area contributed by atoms with Gasteiger partial charge in [0.15, 0.2) is 0 Å². The number of thiazole rings is 1. The first-order valence-corrected chi connectivity index (χ1v) is 10.2. The predicted molar refractivity (Wildman–Crippen MR) is 109 cm³/mol. The largest absolute Gasteiger partial charge is 0.508 e. The van der Waals surface area contributed by atoms with E-state index in [1.54, 1.807) is 17.4 Å². The Morgan fingerprint density at radius 1 is 1.00 bits per heavy atom. The van der Waals surface area contributed by atoms with Crippen LogP contribution in [0.15, 0.2) is 48.0 Å². The standard InChI is InChI=1S/C21H25N3OS/c25-18-14-19(21-20(15-18)26-16-22-21)24-12-10-23(11-13-24)9-5-4-8-17-6-2-1-3-7-17/h1-3,6-7,14-16,25H,4-5,8-13H2. The van der Waals surface area contributed by atoms with Crippen molar-refractivity contribution in [2.24, 2.45) is 0 Å². The lowest BCUT2D eigenvalue weighted by molar-refractivity contribution is 0.253. The fourth-order valence-electron chi connectivity index (χ4n) is 3.70.